The molecule has 4 heteroatoms. The van der Waals surface area contributed by atoms with Gasteiger partial charge >= 0.3 is 0 Å². The van der Waals surface area contributed by atoms with Gasteiger partial charge in [0, 0.05) is 12.6 Å². The summed E-state index contributed by atoms with van der Waals surface area (Å²) in [5.41, 5.74) is 0.985. The largest absolute Gasteiger partial charge is 0.360 e. The fourth-order valence-electron chi connectivity index (χ4n) is 1.59. The fourth-order valence-corrected chi connectivity index (χ4v) is 1.59. The van der Waals surface area contributed by atoms with Gasteiger partial charge < -0.3 is 9.84 Å². The Morgan fingerprint density at radius 1 is 1.47 bits per heavy atom. The Morgan fingerprint density at radius 3 is 2.88 bits per heavy atom. The van der Waals surface area contributed by atoms with Crippen LogP contribution >= 0.6 is 0 Å². The molecular formula is C13H25N3O. The van der Waals surface area contributed by atoms with E-state index in [0.29, 0.717) is 0 Å². The molecule has 0 fully saturated rings. The van der Waals surface area contributed by atoms with E-state index in [1.54, 1.807) is 0 Å². The lowest BCUT2D eigenvalue weighted by molar-refractivity contribution is 0.259. The zero-order valence-corrected chi connectivity index (χ0v) is 11.5. The molecule has 0 aliphatic heterocycles. The second kappa shape index (κ2) is 7.45. The van der Waals surface area contributed by atoms with Crippen molar-refractivity contribution in [3.8, 4) is 0 Å². The molecule has 0 aromatic carbocycles. The van der Waals surface area contributed by atoms with E-state index in [1.165, 1.54) is 6.42 Å². The minimum Gasteiger partial charge on any atom is -0.360 e. The van der Waals surface area contributed by atoms with Gasteiger partial charge in [-0.3, -0.25) is 4.90 Å². The molecule has 1 heterocycles. The van der Waals surface area contributed by atoms with Crippen molar-refractivity contribution in [2.75, 3.05) is 20.1 Å². The van der Waals surface area contributed by atoms with Gasteiger partial charge in [-0.15, -0.1) is 0 Å². The van der Waals surface area contributed by atoms with Gasteiger partial charge in [-0.2, -0.15) is 0 Å². The van der Waals surface area contributed by atoms with Crippen LogP contribution in [-0.4, -0.2) is 30.2 Å². The predicted molar refractivity (Wildman–Crippen MR) is 69.7 cm³/mol. The van der Waals surface area contributed by atoms with Crippen LogP contribution in [0.4, 0.5) is 0 Å². The maximum atomic E-state index is 5.31. The first kappa shape index (κ1) is 14.2. The highest BCUT2D eigenvalue weighted by Gasteiger charge is 2.07. The molecule has 0 aliphatic rings. The third-order valence-electron chi connectivity index (χ3n) is 2.68. The average Bonchev–Trinajstić information content (AvgIpc) is 2.71. The van der Waals surface area contributed by atoms with Crippen LogP contribution in [0.5, 0.6) is 0 Å². The summed E-state index contributed by atoms with van der Waals surface area (Å²) in [4.78, 5) is 2.28. The summed E-state index contributed by atoms with van der Waals surface area (Å²) < 4.78 is 5.31. The van der Waals surface area contributed by atoms with Crippen LogP contribution in [-0.2, 0) is 13.1 Å². The van der Waals surface area contributed by atoms with Gasteiger partial charge in [0.15, 0.2) is 5.76 Å². The fraction of sp³-hybridized carbons (Fsp3) is 0.769. The van der Waals surface area contributed by atoms with Crippen LogP contribution in [0.25, 0.3) is 0 Å². The second-order valence-corrected chi connectivity index (χ2v) is 4.99. The Bertz CT molecular complexity index is 309. The van der Waals surface area contributed by atoms with Crippen LogP contribution in [0.3, 0.4) is 0 Å². The molecule has 1 aromatic rings. The summed E-state index contributed by atoms with van der Waals surface area (Å²) in [6.45, 7) is 10.3. The molecule has 1 aromatic heterocycles. The van der Waals surface area contributed by atoms with E-state index in [4.69, 9.17) is 4.52 Å². The zero-order valence-electron chi connectivity index (χ0n) is 11.5. The molecule has 0 amide bonds. The molecule has 17 heavy (non-hydrogen) atoms. The summed E-state index contributed by atoms with van der Waals surface area (Å²) in [7, 11) is 2.12. The number of aromatic nitrogens is 1. The van der Waals surface area contributed by atoms with Gasteiger partial charge in [0.2, 0.25) is 0 Å². The maximum Gasteiger partial charge on any atom is 0.151 e. The Hall–Kier alpha value is -0.870. The van der Waals surface area contributed by atoms with E-state index >= 15 is 0 Å². The van der Waals surface area contributed by atoms with Gasteiger partial charge in [0.05, 0.1) is 12.2 Å². The SMILES string of the molecule is CCNCc1cc(CN(C)CCC(C)C)on1. The molecule has 4 nitrogen and oxygen atoms in total. The van der Waals surface area contributed by atoms with Crippen LogP contribution in [0, 0.1) is 5.92 Å². The van der Waals surface area contributed by atoms with E-state index in [9.17, 15) is 0 Å². The summed E-state index contributed by atoms with van der Waals surface area (Å²) in [6, 6.07) is 2.04. The van der Waals surface area contributed by atoms with Crippen molar-refractivity contribution < 1.29 is 4.52 Å². The van der Waals surface area contributed by atoms with Crippen molar-refractivity contribution in [2.45, 2.75) is 40.3 Å². The highest BCUT2D eigenvalue weighted by atomic mass is 16.5. The summed E-state index contributed by atoms with van der Waals surface area (Å²) in [6.07, 6.45) is 1.22. The highest BCUT2D eigenvalue weighted by Crippen LogP contribution is 2.08. The van der Waals surface area contributed by atoms with Crippen molar-refractivity contribution in [1.29, 1.82) is 0 Å². The number of hydrogen-bond acceptors (Lipinski definition) is 4. The van der Waals surface area contributed by atoms with E-state index < -0.39 is 0 Å². The van der Waals surface area contributed by atoms with Crippen molar-refractivity contribution >= 4 is 0 Å². The molecule has 98 valence electrons. The van der Waals surface area contributed by atoms with E-state index in [1.807, 2.05) is 6.07 Å². The Balaban J connectivity index is 2.32. The lowest BCUT2D eigenvalue weighted by atomic mass is 10.1. The summed E-state index contributed by atoms with van der Waals surface area (Å²) >= 11 is 0. The smallest absolute Gasteiger partial charge is 0.151 e. The molecule has 0 radical (unpaired) electrons. The lowest BCUT2D eigenvalue weighted by Gasteiger charge is -2.15. The van der Waals surface area contributed by atoms with E-state index in [-0.39, 0.29) is 0 Å². The number of hydrogen-bond donors (Lipinski definition) is 1. The van der Waals surface area contributed by atoms with E-state index in [2.05, 4.69) is 43.2 Å². The van der Waals surface area contributed by atoms with Crippen molar-refractivity contribution in [3.63, 3.8) is 0 Å². The van der Waals surface area contributed by atoms with Crippen LogP contribution < -0.4 is 5.32 Å². The lowest BCUT2D eigenvalue weighted by Crippen LogP contribution is -2.20. The monoisotopic (exact) mass is 239 g/mol. The molecule has 0 saturated carbocycles. The van der Waals surface area contributed by atoms with Crippen molar-refractivity contribution in [3.05, 3.63) is 17.5 Å². The second-order valence-electron chi connectivity index (χ2n) is 4.99. The van der Waals surface area contributed by atoms with Crippen LogP contribution in [0.2, 0.25) is 0 Å². The van der Waals surface area contributed by atoms with Crippen LogP contribution in [0.15, 0.2) is 10.6 Å². The van der Waals surface area contributed by atoms with Gasteiger partial charge in [-0.25, -0.2) is 0 Å². The van der Waals surface area contributed by atoms with Crippen molar-refractivity contribution in [2.24, 2.45) is 5.92 Å². The molecule has 0 atom stereocenters. The molecule has 0 saturated heterocycles. The van der Waals surface area contributed by atoms with Gasteiger partial charge in [0.1, 0.15) is 0 Å². The maximum absolute atomic E-state index is 5.31. The van der Waals surface area contributed by atoms with Crippen LogP contribution in [0.1, 0.15) is 38.6 Å². The quantitative estimate of drug-likeness (QED) is 0.755. The minimum absolute atomic E-state index is 0.747. The molecule has 1 rings (SSSR count). The van der Waals surface area contributed by atoms with Gasteiger partial charge in [-0.05, 0) is 32.5 Å². The summed E-state index contributed by atoms with van der Waals surface area (Å²) in [5, 5.41) is 7.27. The predicted octanol–water partition coefficient (Wildman–Crippen LogP) is 2.26. The van der Waals surface area contributed by atoms with Gasteiger partial charge in [0.25, 0.3) is 0 Å². The number of nitrogens with one attached hydrogen (secondary N) is 1. The zero-order chi connectivity index (χ0) is 12.7. The molecule has 0 aliphatic carbocycles. The molecule has 1 N–H and O–H groups in total. The first-order valence-corrected chi connectivity index (χ1v) is 6.45. The number of rotatable bonds is 8. The third kappa shape index (κ3) is 5.84. The minimum atomic E-state index is 0.747. The molecular weight excluding hydrogens is 214 g/mol. The molecule has 0 bridgehead atoms. The standard InChI is InChI=1S/C13H25N3O/c1-5-14-9-12-8-13(17-15-12)10-16(4)7-6-11(2)3/h8,11,14H,5-7,9-10H2,1-4H3. The van der Waals surface area contributed by atoms with E-state index in [0.717, 1.165) is 43.6 Å². The first-order chi connectivity index (χ1) is 8.11. The Kier molecular flexibility index (Phi) is 6.22. The molecule has 0 spiro atoms. The molecule has 0 unspecified atom stereocenters. The summed E-state index contributed by atoms with van der Waals surface area (Å²) in [5.74, 6) is 1.70. The normalized spacial score (nSPS) is 11.6. The van der Waals surface area contributed by atoms with Crippen molar-refractivity contribution in [1.82, 2.24) is 15.4 Å². The average molecular weight is 239 g/mol. The first-order valence-electron chi connectivity index (χ1n) is 6.45. The topological polar surface area (TPSA) is 41.3 Å². The Morgan fingerprint density at radius 2 is 2.24 bits per heavy atom. The van der Waals surface area contributed by atoms with Gasteiger partial charge in [-0.1, -0.05) is 25.9 Å². The number of nitrogens with zero attached hydrogens (tertiary/aromatic N) is 2. The Labute approximate surface area is 104 Å². The third-order valence-corrected chi connectivity index (χ3v) is 2.68. The highest BCUT2D eigenvalue weighted by molar-refractivity contribution is 5.04.